The van der Waals surface area contributed by atoms with Crippen molar-refractivity contribution in [1.29, 1.82) is 0 Å². The maximum Gasteiger partial charge on any atom is 0.128 e. The average Bonchev–Trinajstić information content (AvgIpc) is 2.17. The van der Waals surface area contributed by atoms with Gasteiger partial charge in [-0.2, -0.15) is 0 Å². The highest BCUT2D eigenvalue weighted by molar-refractivity contribution is 5.31. The van der Waals surface area contributed by atoms with E-state index in [0.717, 1.165) is 30.4 Å². The topological polar surface area (TPSA) is 29.3 Å². The van der Waals surface area contributed by atoms with E-state index in [1.807, 2.05) is 31.1 Å². The molecule has 0 amide bonds. The molecular weight excluding hydrogens is 203 g/mol. The van der Waals surface area contributed by atoms with E-state index in [1.165, 1.54) is 0 Å². The van der Waals surface area contributed by atoms with Crippen LogP contribution in [0.25, 0.3) is 0 Å². The number of rotatable bonds is 3. The van der Waals surface area contributed by atoms with Crippen molar-refractivity contribution in [3.63, 3.8) is 0 Å². The standard InChI is InChI=1S/C13H19FN2/c1-16(2)9-10-4-5-11(8-12(10)14)13(15)6-3-7-13/h4-5,8H,3,6-7,9,15H2,1-2H3. The van der Waals surface area contributed by atoms with Gasteiger partial charge in [0, 0.05) is 17.6 Å². The van der Waals surface area contributed by atoms with Gasteiger partial charge in [0.05, 0.1) is 0 Å². The Hall–Kier alpha value is -0.930. The molecule has 1 aromatic rings. The molecule has 0 atom stereocenters. The number of benzene rings is 1. The molecule has 1 aliphatic carbocycles. The van der Waals surface area contributed by atoms with Gasteiger partial charge in [0.2, 0.25) is 0 Å². The van der Waals surface area contributed by atoms with Gasteiger partial charge >= 0.3 is 0 Å². The fraction of sp³-hybridized carbons (Fsp3) is 0.538. The second-order valence-corrected chi connectivity index (χ2v) is 5.05. The van der Waals surface area contributed by atoms with Crippen LogP contribution in [0.2, 0.25) is 0 Å². The molecule has 3 heteroatoms. The van der Waals surface area contributed by atoms with Crippen LogP contribution in [0.1, 0.15) is 30.4 Å². The lowest BCUT2D eigenvalue weighted by atomic mass is 9.72. The van der Waals surface area contributed by atoms with Gasteiger partial charge in [0.15, 0.2) is 0 Å². The molecule has 1 saturated carbocycles. The molecule has 0 aromatic heterocycles. The third kappa shape index (κ3) is 2.11. The zero-order valence-electron chi connectivity index (χ0n) is 9.96. The van der Waals surface area contributed by atoms with Crippen LogP contribution in [0.5, 0.6) is 0 Å². The van der Waals surface area contributed by atoms with Crippen molar-refractivity contribution in [3.8, 4) is 0 Å². The zero-order chi connectivity index (χ0) is 11.8. The summed E-state index contributed by atoms with van der Waals surface area (Å²) in [6.07, 6.45) is 3.09. The van der Waals surface area contributed by atoms with E-state index in [2.05, 4.69) is 0 Å². The van der Waals surface area contributed by atoms with Crippen LogP contribution in [-0.2, 0) is 12.1 Å². The molecule has 16 heavy (non-hydrogen) atoms. The fourth-order valence-electron chi connectivity index (χ4n) is 2.17. The highest BCUT2D eigenvalue weighted by Gasteiger charge is 2.34. The van der Waals surface area contributed by atoms with E-state index in [0.29, 0.717) is 6.54 Å². The average molecular weight is 222 g/mol. The predicted molar refractivity (Wildman–Crippen MR) is 63.5 cm³/mol. The van der Waals surface area contributed by atoms with Gasteiger partial charge in [-0.3, -0.25) is 0 Å². The van der Waals surface area contributed by atoms with E-state index in [9.17, 15) is 4.39 Å². The molecule has 2 rings (SSSR count). The van der Waals surface area contributed by atoms with E-state index in [4.69, 9.17) is 5.73 Å². The largest absolute Gasteiger partial charge is 0.321 e. The number of hydrogen-bond acceptors (Lipinski definition) is 2. The third-order valence-corrected chi connectivity index (χ3v) is 3.36. The van der Waals surface area contributed by atoms with E-state index in [-0.39, 0.29) is 11.4 Å². The lowest BCUT2D eigenvalue weighted by Crippen LogP contribution is -2.43. The lowest BCUT2D eigenvalue weighted by Gasteiger charge is -2.38. The second-order valence-electron chi connectivity index (χ2n) is 5.05. The van der Waals surface area contributed by atoms with Gasteiger partial charge < -0.3 is 10.6 Å². The minimum atomic E-state index is -0.266. The Labute approximate surface area is 96.2 Å². The normalized spacial score (nSPS) is 18.6. The van der Waals surface area contributed by atoms with Crippen molar-refractivity contribution in [1.82, 2.24) is 4.90 Å². The molecule has 0 saturated heterocycles. The highest BCUT2D eigenvalue weighted by Crippen LogP contribution is 2.39. The van der Waals surface area contributed by atoms with Crippen LogP contribution < -0.4 is 5.73 Å². The van der Waals surface area contributed by atoms with Crippen molar-refractivity contribution < 1.29 is 4.39 Å². The third-order valence-electron chi connectivity index (χ3n) is 3.36. The van der Waals surface area contributed by atoms with Crippen molar-refractivity contribution in [2.75, 3.05) is 14.1 Å². The Morgan fingerprint density at radius 2 is 2.06 bits per heavy atom. The number of halogens is 1. The minimum absolute atomic E-state index is 0.136. The molecule has 0 aliphatic heterocycles. The quantitative estimate of drug-likeness (QED) is 0.849. The molecule has 88 valence electrons. The Kier molecular flexibility index (Phi) is 3.00. The first-order chi connectivity index (χ1) is 7.51. The zero-order valence-corrected chi connectivity index (χ0v) is 9.96. The van der Waals surface area contributed by atoms with Crippen LogP contribution in [-0.4, -0.2) is 19.0 Å². The van der Waals surface area contributed by atoms with E-state index in [1.54, 1.807) is 6.07 Å². The number of nitrogens with two attached hydrogens (primary N) is 1. The summed E-state index contributed by atoms with van der Waals surface area (Å²) in [6.45, 7) is 0.629. The molecule has 1 fully saturated rings. The summed E-state index contributed by atoms with van der Waals surface area (Å²) >= 11 is 0. The lowest BCUT2D eigenvalue weighted by molar-refractivity contribution is 0.252. The van der Waals surface area contributed by atoms with Crippen molar-refractivity contribution >= 4 is 0 Å². The summed E-state index contributed by atoms with van der Waals surface area (Å²) in [5.74, 6) is -0.136. The Bertz CT molecular complexity index is 384. The number of nitrogens with zero attached hydrogens (tertiary/aromatic N) is 1. The molecule has 0 radical (unpaired) electrons. The number of hydrogen-bond donors (Lipinski definition) is 1. The molecule has 0 heterocycles. The first-order valence-corrected chi connectivity index (χ1v) is 5.74. The molecule has 0 bridgehead atoms. The first kappa shape index (κ1) is 11.6. The summed E-state index contributed by atoms with van der Waals surface area (Å²) in [6, 6.07) is 5.44. The van der Waals surface area contributed by atoms with Crippen LogP contribution in [0.4, 0.5) is 4.39 Å². The van der Waals surface area contributed by atoms with Gasteiger partial charge in [0.25, 0.3) is 0 Å². The van der Waals surface area contributed by atoms with E-state index < -0.39 is 0 Å². The summed E-state index contributed by atoms with van der Waals surface area (Å²) < 4.78 is 13.8. The highest BCUT2D eigenvalue weighted by atomic mass is 19.1. The molecule has 1 aliphatic rings. The molecule has 1 aromatic carbocycles. The van der Waals surface area contributed by atoms with E-state index >= 15 is 0 Å². The summed E-state index contributed by atoms with van der Waals surface area (Å²) in [5, 5.41) is 0. The van der Waals surface area contributed by atoms with Crippen molar-refractivity contribution in [2.45, 2.75) is 31.3 Å². The minimum Gasteiger partial charge on any atom is -0.321 e. The molecule has 2 N–H and O–H groups in total. The monoisotopic (exact) mass is 222 g/mol. The van der Waals surface area contributed by atoms with Crippen molar-refractivity contribution in [2.24, 2.45) is 5.73 Å². The summed E-state index contributed by atoms with van der Waals surface area (Å²) in [5.41, 5.74) is 7.58. The maximum atomic E-state index is 13.8. The Morgan fingerprint density at radius 1 is 1.38 bits per heavy atom. The van der Waals surface area contributed by atoms with Gasteiger partial charge in [-0.1, -0.05) is 12.1 Å². The first-order valence-electron chi connectivity index (χ1n) is 5.74. The van der Waals surface area contributed by atoms with Crippen LogP contribution in [0.15, 0.2) is 18.2 Å². The van der Waals surface area contributed by atoms with Gasteiger partial charge in [0.1, 0.15) is 5.82 Å². The maximum absolute atomic E-state index is 13.8. The summed E-state index contributed by atoms with van der Waals surface area (Å²) in [7, 11) is 3.87. The van der Waals surface area contributed by atoms with Crippen molar-refractivity contribution in [3.05, 3.63) is 35.1 Å². The van der Waals surface area contributed by atoms with Crippen LogP contribution >= 0.6 is 0 Å². The van der Waals surface area contributed by atoms with Crippen LogP contribution in [0.3, 0.4) is 0 Å². The van der Waals surface area contributed by atoms with Gasteiger partial charge in [-0.25, -0.2) is 4.39 Å². The predicted octanol–water partition coefficient (Wildman–Crippen LogP) is 2.23. The second kappa shape index (κ2) is 4.15. The van der Waals surface area contributed by atoms with Crippen LogP contribution in [0, 0.1) is 5.82 Å². The summed E-state index contributed by atoms with van der Waals surface area (Å²) in [4.78, 5) is 1.96. The smallest absolute Gasteiger partial charge is 0.128 e. The van der Waals surface area contributed by atoms with Gasteiger partial charge in [-0.15, -0.1) is 0 Å². The molecule has 0 unspecified atom stereocenters. The molecule has 2 nitrogen and oxygen atoms in total. The van der Waals surface area contributed by atoms with Gasteiger partial charge in [-0.05, 0) is 45.0 Å². The Balaban J connectivity index is 2.22. The fourth-order valence-corrected chi connectivity index (χ4v) is 2.17. The Morgan fingerprint density at radius 3 is 2.50 bits per heavy atom. The molecule has 0 spiro atoms. The SMILES string of the molecule is CN(C)Cc1ccc(C2(N)CCC2)cc1F. The molecular formula is C13H19FN2.